The molecule has 3 rings (SSSR count). The summed E-state index contributed by atoms with van der Waals surface area (Å²) in [5.74, 6) is 2.06. The van der Waals surface area contributed by atoms with Gasteiger partial charge in [0.05, 0.1) is 13.7 Å². The zero-order valence-corrected chi connectivity index (χ0v) is 14.5. The number of aliphatic hydroxyl groups is 1. The third-order valence-electron chi connectivity index (χ3n) is 4.84. The van der Waals surface area contributed by atoms with Crippen molar-refractivity contribution < 1.29 is 14.3 Å². The summed E-state index contributed by atoms with van der Waals surface area (Å²) in [5.41, 5.74) is -0.0592. The van der Waals surface area contributed by atoms with Crippen LogP contribution in [0.5, 0.6) is 5.75 Å². The Kier molecular flexibility index (Phi) is 4.87. The second kappa shape index (κ2) is 6.91. The van der Waals surface area contributed by atoms with E-state index in [4.69, 9.17) is 9.15 Å². The lowest BCUT2D eigenvalue weighted by atomic mass is 9.86. The minimum Gasteiger partial charge on any atom is -0.497 e. The number of aromatic nitrogens is 2. The number of likely N-dealkylation sites (tertiary alicyclic amines) is 1. The largest absolute Gasteiger partial charge is 0.497 e. The first-order valence-electron chi connectivity index (χ1n) is 8.46. The third kappa shape index (κ3) is 3.30. The number of methoxy groups -OCH3 is 1. The van der Waals surface area contributed by atoms with Crippen molar-refractivity contribution in [2.24, 2.45) is 0 Å². The van der Waals surface area contributed by atoms with Crippen molar-refractivity contribution in [2.45, 2.75) is 51.3 Å². The minimum absolute atomic E-state index is 0.0165. The molecular weight excluding hydrogens is 306 g/mol. The van der Waals surface area contributed by atoms with E-state index in [-0.39, 0.29) is 6.04 Å². The highest BCUT2D eigenvalue weighted by atomic mass is 16.5. The molecular formula is C18H25N3O3. The second-order valence-electron chi connectivity index (χ2n) is 6.45. The molecule has 130 valence electrons. The maximum absolute atomic E-state index is 11.2. The van der Waals surface area contributed by atoms with E-state index < -0.39 is 5.60 Å². The van der Waals surface area contributed by atoms with Gasteiger partial charge in [0.1, 0.15) is 11.4 Å². The molecule has 1 aromatic carbocycles. The van der Waals surface area contributed by atoms with Crippen molar-refractivity contribution in [3.63, 3.8) is 0 Å². The van der Waals surface area contributed by atoms with E-state index in [2.05, 4.69) is 15.1 Å². The zero-order chi connectivity index (χ0) is 17.2. The van der Waals surface area contributed by atoms with E-state index in [9.17, 15) is 5.11 Å². The highest BCUT2D eigenvalue weighted by Gasteiger charge is 2.41. The van der Waals surface area contributed by atoms with Gasteiger partial charge >= 0.3 is 0 Å². The van der Waals surface area contributed by atoms with Crippen molar-refractivity contribution in [1.29, 1.82) is 0 Å². The van der Waals surface area contributed by atoms with Crippen LogP contribution >= 0.6 is 0 Å². The highest BCUT2D eigenvalue weighted by Crippen LogP contribution is 2.36. The number of hydrogen-bond acceptors (Lipinski definition) is 6. The lowest BCUT2D eigenvalue weighted by molar-refractivity contribution is -0.0275. The van der Waals surface area contributed by atoms with E-state index in [0.717, 1.165) is 37.1 Å². The van der Waals surface area contributed by atoms with Crippen LogP contribution in [0.3, 0.4) is 0 Å². The molecule has 1 N–H and O–H groups in total. The maximum Gasteiger partial charge on any atom is 0.230 e. The topological polar surface area (TPSA) is 71.6 Å². The standard InChI is InChI=1S/C18H25N3O3/c1-4-16-19-20-17(24-16)12-21-11-5-6-15(21)18(2,22)13-7-9-14(23-3)10-8-13/h7-10,15,22H,4-6,11-12H2,1-3H3. The molecule has 2 aromatic rings. The van der Waals surface area contributed by atoms with Gasteiger partial charge in [-0.3, -0.25) is 4.90 Å². The van der Waals surface area contributed by atoms with Gasteiger partial charge in [-0.05, 0) is 44.0 Å². The fraction of sp³-hybridized carbons (Fsp3) is 0.556. The van der Waals surface area contributed by atoms with Crippen molar-refractivity contribution in [3.05, 3.63) is 41.6 Å². The number of benzene rings is 1. The summed E-state index contributed by atoms with van der Waals surface area (Å²) in [6, 6.07) is 7.64. The summed E-state index contributed by atoms with van der Waals surface area (Å²) in [6.07, 6.45) is 2.72. The number of nitrogens with zero attached hydrogens (tertiary/aromatic N) is 3. The Hall–Kier alpha value is -1.92. The Morgan fingerprint density at radius 1 is 1.29 bits per heavy atom. The van der Waals surface area contributed by atoms with Crippen LogP contribution in [-0.2, 0) is 18.6 Å². The SMILES string of the molecule is CCc1nnc(CN2CCCC2C(C)(O)c2ccc(OC)cc2)o1. The summed E-state index contributed by atoms with van der Waals surface area (Å²) in [6.45, 7) is 5.36. The Bertz CT molecular complexity index is 666. The summed E-state index contributed by atoms with van der Waals surface area (Å²) in [7, 11) is 1.64. The molecule has 0 radical (unpaired) electrons. The first kappa shape index (κ1) is 16.9. The molecule has 0 saturated carbocycles. The van der Waals surface area contributed by atoms with Crippen LogP contribution in [0.25, 0.3) is 0 Å². The van der Waals surface area contributed by atoms with Gasteiger partial charge in [-0.15, -0.1) is 10.2 Å². The summed E-state index contributed by atoms with van der Waals surface area (Å²) in [5, 5.41) is 19.3. The molecule has 1 aliphatic rings. The third-order valence-corrected chi connectivity index (χ3v) is 4.84. The molecule has 6 nitrogen and oxygen atoms in total. The highest BCUT2D eigenvalue weighted by molar-refractivity contribution is 5.31. The summed E-state index contributed by atoms with van der Waals surface area (Å²) < 4.78 is 10.8. The molecule has 2 heterocycles. The van der Waals surface area contributed by atoms with Crippen LogP contribution in [0.1, 0.15) is 44.0 Å². The molecule has 24 heavy (non-hydrogen) atoms. The Labute approximate surface area is 142 Å². The van der Waals surface area contributed by atoms with Gasteiger partial charge in [0.15, 0.2) is 0 Å². The van der Waals surface area contributed by atoms with Gasteiger partial charge in [-0.25, -0.2) is 0 Å². The molecule has 2 atom stereocenters. The second-order valence-corrected chi connectivity index (χ2v) is 6.45. The van der Waals surface area contributed by atoms with Crippen LogP contribution in [0.4, 0.5) is 0 Å². The van der Waals surface area contributed by atoms with E-state index in [1.807, 2.05) is 38.1 Å². The molecule has 2 unspecified atom stereocenters. The fourth-order valence-electron chi connectivity index (χ4n) is 3.44. The number of aryl methyl sites for hydroxylation is 1. The normalized spacial score (nSPS) is 20.9. The molecule has 1 aliphatic heterocycles. The predicted octanol–water partition coefficient (Wildman–Crippen LogP) is 2.51. The van der Waals surface area contributed by atoms with Crippen LogP contribution in [0, 0.1) is 0 Å². The Morgan fingerprint density at radius 2 is 2.00 bits per heavy atom. The van der Waals surface area contributed by atoms with Crippen molar-refractivity contribution in [1.82, 2.24) is 15.1 Å². The molecule has 0 spiro atoms. The molecule has 0 bridgehead atoms. The predicted molar refractivity (Wildman–Crippen MR) is 89.7 cm³/mol. The molecule has 1 aromatic heterocycles. The lowest BCUT2D eigenvalue weighted by Crippen LogP contribution is -2.45. The van der Waals surface area contributed by atoms with Crippen molar-refractivity contribution in [3.8, 4) is 5.75 Å². The van der Waals surface area contributed by atoms with Gasteiger partial charge in [0, 0.05) is 12.5 Å². The van der Waals surface area contributed by atoms with Gasteiger partial charge < -0.3 is 14.3 Å². The zero-order valence-electron chi connectivity index (χ0n) is 14.5. The Balaban J connectivity index is 1.77. The monoisotopic (exact) mass is 331 g/mol. The average Bonchev–Trinajstić information content (AvgIpc) is 3.25. The molecule has 1 fully saturated rings. The molecule has 1 saturated heterocycles. The quantitative estimate of drug-likeness (QED) is 0.877. The van der Waals surface area contributed by atoms with Gasteiger partial charge in [0.2, 0.25) is 11.8 Å². The summed E-state index contributed by atoms with van der Waals surface area (Å²) >= 11 is 0. The first-order chi connectivity index (χ1) is 11.5. The summed E-state index contributed by atoms with van der Waals surface area (Å²) in [4.78, 5) is 2.23. The minimum atomic E-state index is -0.948. The van der Waals surface area contributed by atoms with Crippen molar-refractivity contribution >= 4 is 0 Å². The lowest BCUT2D eigenvalue weighted by Gasteiger charge is -2.36. The van der Waals surface area contributed by atoms with Gasteiger partial charge in [0.25, 0.3) is 0 Å². The van der Waals surface area contributed by atoms with E-state index in [0.29, 0.717) is 18.3 Å². The number of rotatable bonds is 6. The number of hydrogen-bond donors (Lipinski definition) is 1. The smallest absolute Gasteiger partial charge is 0.230 e. The Morgan fingerprint density at radius 3 is 2.62 bits per heavy atom. The van der Waals surface area contributed by atoms with Gasteiger partial charge in [-0.2, -0.15) is 0 Å². The molecule has 0 aliphatic carbocycles. The van der Waals surface area contributed by atoms with E-state index in [1.54, 1.807) is 7.11 Å². The maximum atomic E-state index is 11.2. The fourth-order valence-corrected chi connectivity index (χ4v) is 3.44. The van der Waals surface area contributed by atoms with E-state index in [1.165, 1.54) is 0 Å². The van der Waals surface area contributed by atoms with Crippen LogP contribution in [0.2, 0.25) is 0 Å². The molecule has 6 heteroatoms. The molecule has 0 amide bonds. The van der Waals surface area contributed by atoms with Crippen molar-refractivity contribution in [2.75, 3.05) is 13.7 Å². The van der Waals surface area contributed by atoms with Crippen LogP contribution < -0.4 is 4.74 Å². The average molecular weight is 331 g/mol. The van der Waals surface area contributed by atoms with Crippen LogP contribution in [-0.4, -0.2) is 39.9 Å². The van der Waals surface area contributed by atoms with E-state index >= 15 is 0 Å². The van der Waals surface area contributed by atoms with Gasteiger partial charge in [-0.1, -0.05) is 19.1 Å². The first-order valence-corrected chi connectivity index (χ1v) is 8.46. The number of ether oxygens (including phenoxy) is 1. The van der Waals surface area contributed by atoms with Crippen LogP contribution in [0.15, 0.2) is 28.7 Å².